The molecule has 3 rings (SSSR count). The number of carbonyl (C=O) groups excluding carboxylic acids is 2. The Morgan fingerprint density at radius 3 is 3.04 bits per heavy atom. The van der Waals surface area contributed by atoms with Crippen LogP contribution in [-0.4, -0.2) is 25.0 Å². The van der Waals surface area contributed by atoms with Crippen molar-refractivity contribution >= 4 is 28.2 Å². The predicted molar refractivity (Wildman–Crippen MR) is 99.3 cm³/mol. The molecule has 1 atom stereocenters. The highest BCUT2D eigenvalue weighted by Crippen LogP contribution is 2.40. The summed E-state index contributed by atoms with van der Waals surface area (Å²) in [5.74, 6) is 0.954. The zero-order valence-corrected chi connectivity index (χ0v) is 16.0. The van der Waals surface area contributed by atoms with Crippen LogP contribution >= 0.6 is 11.3 Å². The van der Waals surface area contributed by atoms with Gasteiger partial charge in [-0.1, -0.05) is 6.92 Å². The monoisotopic (exact) mass is 377 g/mol. The Kier molecular flexibility index (Phi) is 6.11. The Morgan fingerprint density at radius 2 is 2.31 bits per heavy atom. The molecule has 0 saturated heterocycles. The molecule has 3 N–H and O–H groups in total. The predicted octanol–water partition coefficient (Wildman–Crippen LogP) is 2.34. The first-order valence-electron chi connectivity index (χ1n) is 9.04. The minimum Gasteiger partial charge on any atom is -0.463 e. The van der Waals surface area contributed by atoms with E-state index in [4.69, 9.17) is 9.15 Å². The first-order chi connectivity index (χ1) is 12.6. The molecule has 7 heteroatoms. The Morgan fingerprint density at radius 1 is 1.46 bits per heavy atom. The summed E-state index contributed by atoms with van der Waals surface area (Å²) in [6.07, 6.45) is 4.49. The first-order valence-corrected chi connectivity index (χ1v) is 9.85. The summed E-state index contributed by atoms with van der Waals surface area (Å²) in [4.78, 5) is 26.0. The van der Waals surface area contributed by atoms with Crippen LogP contribution in [0.1, 0.15) is 46.8 Å². The second-order valence-corrected chi connectivity index (χ2v) is 7.71. The minimum atomic E-state index is -0.339. The van der Waals surface area contributed by atoms with Gasteiger partial charge < -0.3 is 19.8 Å². The average molecular weight is 377 g/mol. The number of anilines is 1. The molecule has 1 aliphatic rings. The van der Waals surface area contributed by atoms with Crippen LogP contribution in [0.25, 0.3) is 0 Å². The van der Waals surface area contributed by atoms with E-state index in [0.29, 0.717) is 29.6 Å². The smallest absolute Gasteiger partial charge is 0.341 e. The fourth-order valence-corrected chi connectivity index (χ4v) is 4.62. The number of hydrogen-bond donors (Lipinski definition) is 2. The number of esters is 1. The molecule has 2 heterocycles. The lowest BCUT2D eigenvalue weighted by Gasteiger charge is -2.18. The van der Waals surface area contributed by atoms with Crippen molar-refractivity contribution in [2.45, 2.75) is 39.7 Å². The Hall–Kier alpha value is -2.12. The number of quaternary nitrogens is 1. The molecule has 0 fully saturated rings. The zero-order valence-electron chi connectivity index (χ0n) is 15.2. The van der Waals surface area contributed by atoms with Crippen LogP contribution in [0.3, 0.4) is 0 Å². The van der Waals surface area contributed by atoms with Gasteiger partial charge >= 0.3 is 5.97 Å². The summed E-state index contributed by atoms with van der Waals surface area (Å²) >= 11 is 1.51. The van der Waals surface area contributed by atoms with E-state index in [-0.39, 0.29) is 18.4 Å². The summed E-state index contributed by atoms with van der Waals surface area (Å²) in [6, 6.07) is 3.70. The minimum absolute atomic E-state index is 0.131. The normalized spacial score (nSPS) is 16.2. The summed E-state index contributed by atoms with van der Waals surface area (Å²) < 4.78 is 10.5. The van der Waals surface area contributed by atoms with Crippen LogP contribution in [0.15, 0.2) is 22.8 Å². The van der Waals surface area contributed by atoms with Crippen molar-refractivity contribution in [1.29, 1.82) is 0 Å². The van der Waals surface area contributed by atoms with Crippen LogP contribution < -0.4 is 10.6 Å². The Labute approximate surface area is 156 Å². The SMILES string of the molecule is CCOC(=O)c1c(NC(=O)C[NH2+]Cc2ccco2)sc2c1CC[C@@H](C)C2. The number of ether oxygens (including phenoxy) is 1. The van der Waals surface area contributed by atoms with Crippen LogP contribution in [-0.2, 0) is 28.9 Å². The molecule has 0 aromatic carbocycles. The van der Waals surface area contributed by atoms with Gasteiger partial charge in [-0.3, -0.25) is 4.79 Å². The molecular weight excluding hydrogens is 352 g/mol. The van der Waals surface area contributed by atoms with E-state index in [9.17, 15) is 9.59 Å². The fraction of sp³-hybridized carbons (Fsp3) is 0.474. The third-order valence-corrected chi connectivity index (χ3v) is 5.67. The molecule has 1 amide bonds. The molecule has 26 heavy (non-hydrogen) atoms. The zero-order chi connectivity index (χ0) is 18.5. The van der Waals surface area contributed by atoms with Gasteiger partial charge in [0.1, 0.15) is 11.5 Å². The molecule has 0 aliphatic heterocycles. The molecular formula is C19H25N2O4S+. The molecule has 2 aromatic heterocycles. The molecule has 1 aliphatic carbocycles. The number of hydrogen-bond acceptors (Lipinski definition) is 5. The van der Waals surface area contributed by atoms with Crippen LogP contribution in [0.4, 0.5) is 5.00 Å². The maximum absolute atomic E-state index is 12.4. The average Bonchev–Trinajstić information content (AvgIpc) is 3.22. The van der Waals surface area contributed by atoms with E-state index in [0.717, 1.165) is 30.6 Å². The number of furan rings is 1. The van der Waals surface area contributed by atoms with Gasteiger partial charge in [0.2, 0.25) is 0 Å². The maximum Gasteiger partial charge on any atom is 0.341 e. The highest BCUT2D eigenvalue weighted by molar-refractivity contribution is 7.17. The van der Waals surface area contributed by atoms with Crippen molar-refractivity contribution in [2.24, 2.45) is 5.92 Å². The van der Waals surface area contributed by atoms with E-state index in [1.54, 1.807) is 13.2 Å². The number of carbonyl (C=O) groups is 2. The molecule has 6 nitrogen and oxygen atoms in total. The molecule has 0 saturated carbocycles. The highest BCUT2D eigenvalue weighted by Gasteiger charge is 2.29. The number of amides is 1. The molecule has 2 aromatic rings. The topological polar surface area (TPSA) is 85.1 Å². The van der Waals surface area contributed by atoms with Gasteiger partial charge in [-0.2, -0.15) is 0 Å². The summed E-state index contributed by atoms with van der Waals surface area (Å²) in [5, 5.41) is 5.41. The molecule has 140 valence electrons. The van der Waals surface area contributed by atoms with Gasteiger partial charge in [0.15, 0.2) is 12.3 Å². The van der Waals surface area contributed by atoms with Gasteiger partial charge in [0.05, 0.1) is 18.4 Å². The fourth-order valence-electron chi connectivity index (χ4n) is 3.21. The quantitative estimate of drug-likeness (QED) is 0.726. The third kappa shape index (κ3) is 4.34. The van der Waals surface area contributed by atoms with E-state index in [1.165, 1.54) is 16.2 Å². The lowest BCUT2D eigenvalue weighted by atomic mass is 9.88. The number of nitrogens with one attached hydrogen (secondary N) is 1. The van der Waals surface area contributed by atoms with Crippen molar-refractivity contribution in [2.75, 3.05) is 18.5 Å². The van der Waals surface area contributed by atoms with Gasteiger partial charge in [-0.15, -0.1) is 11.3 Å². The van der Waals surface area contributed by atoms with Gasteiger partial charge in [0, 0.05) is 4.88 Å². The standard InChI is InChI=1S/C19H24N2O4S/c1-3-24-19(23)17-14-7-6-12(2)9-15(14)26-18(17)21-16(22)11-20-10-13-5-4-8-25-13/h4-5,8,12,20H,3,6-7,9-11H2,1-2H3,(H,21,22)/p+1/t12-/m1/s1. The number of fused-ring (bicyclic) bond motifs is 1. The molecule has 0 bridgehead atoms. The van der Waals surface area contributed by atoms with Crippen LogP contribution in [0.5, 0.6) is 0 Å². The highest BCUT2D eigenvalue weighted by atomic mass is 32.1. The summed E-state index contributed by atoms with van der Waals surface area (Å²) in [7, 11) is 0. The lowest BCUT2D eigenvalue weighted by molar-refractivity contribution is -0.661. The van der Waals surface area contributed by atoms with E-state index in [1.807, 2.05) is 17.4 Å². The van der Waals surface area contributed by atoms with Crippen molar-refractivity contribution in [3.63, 3.8) is 0 Å². The summed E-state index contributed by atoms with van der Waals surface area (Å²) in [5.41, 5.74) is 1.61. The first kappa shape index (κ1) is 18.7. The van der Waals surface area contributed by atoms with Crippen molar-refractivity contribution in [1.82, 2.24) is 0 Å². The van der Waals surface area contributed by atoms with E-state index >= 15 is 0 Å². The van der Waals surface area contributed by atoms with E-state index < -0.39 is 0 Å². The van der Waals surface area contributed by atoms with Crippen molar-refractivity contribution < 1.29 is 24.1 Å². The molecule has 0 spiro atoms. The lowest BCUT2D eigenvalue weighted by Crippen LogP contribution is -2.84. The number of thiophene rings is 1. The summed E-state index contributed by atoms with van der Waals surface area (Å²) in [6.45, 7) is 5.20. The van der Waals surface area contributed by atoms with Crippen LogP contribution in [0.2, 0.25) is 0 Å². The Bertz CT molecular complexity index is 767. The van der Waals surface area contributed by atoms with Gasteiger partial charge in [0.25, 0.3) is 5.91 Å². The number of nitrogens with two attached hydrogens (primary N) is 1. The van der Waals surface area contributed by atoms with Crippen molar-refractivity contribution in [3.05, 3.63) is 40.2 Å². The largest absolute Gasteiger partial charge is 0.463 e. The molecule has 0 radical (unpaired) electrons. The van der Waals surface area contributed by atoms with Crippen molar-refractivity contribution in [3.8, 4) is 0 Å². The van der Waals surface area contributed by atoms with Crippen LogP contribution in [0, 0.1) is 5.92 Å². The maximum atomic E-state index is 12.4. The number of rotatable bonds is 7. The second kappa shape index (κ2) is 8.51. The van der Waals surface area contributed by atoms with E-state index in [2.05, 4.69) is 12.2 Å². The van der Waals surface area contributed by atoms with Gasteiger partial charge in [-0.05, 0) is 49.8 Å². The third-order valence-electron chi connectivity index (χ3n) is 4.50. The van der Waals surface area contributed by atoms with Gasteiger partial charge in [-0.25, -0.2) is 4.79 Å². The molecule has 0 unspecified atom stereocenters. The second-order valence-electron chi connectivity index (χ2n) is 6.60. The Balaban J connectivity index is 1.69.